The molecule has 0 radical (unpaired) electrons. The Balaban J connectivity index is 2.39. The van der Waals surface area contributed by atoms with Gasteiger partial charge in [0.15, 0.2) is 11.4 Å². The quantitative estimate of drug-likeness (QED) is 0.678. The Bertz CT molecular complexity index is 652. The molecule has 1 aliphatic carbocycles. The zero-order valence-electron chi connectivity index (χ0n) is 12.0. The first-order valence-electron chi connectivity index (χ1n) is 6.90. The molecule has 0 aliphatic heterocycles. The van der Waals surface area contributed by atoms with E-state index >= 15 is 0 Å². The smallest absolute Gasteiger partial charge is 0.376 e. The number of hydrogen-bond acceptors (Lipinski definition) is 4. The molecule has 1 aromatic rings. The number of non-ortho nitro benzene ring substituents is 1. The van der Waals surface area contributed by atoms with Crippen molar-refractivity contribution in [3.63, 3.8) is 0 Å². The van der Waals surface area contributed by atoms with Crippen molar-refractivity contribution in [2.45, 2.75) is 37.5 Å². The molecule has 1 atom stereocenters. The number of carbonyl (C=O) groups excluding carboxylic acids is 1. The van der Waals surface area contributed by atoms with Gasteiger partial charge >= 0.3 is 6.18 Å². The lowest BCUT2D eigenvalue weighted by molar-refractivity contribution is -0.384. The van der Waals surface area contributed by atoms with E-state index in [-0.39, 0.29) is 23.5 Å². The van der Waals surface area contributed by atoms with E-state index in [2.05, 4.69) is 0 Å². The van der Waals surface area contributed by atoms with Gasteiger partial charge in [-0.1, -0.05) is 5.57 Å². The summed E-state index contributed by atoms with van der Waals surface area (Å²) < 4.78 is 40.2. The molecule has 0 spiro atoms. The molecule has 0 bridgehead atoms. The highest BCUT2D eigenvalue weighted by molar-refractivity contribution is 5.91. The van der Waals surface area contributed by atoms with Gasteiger partial charge in [-0.05, 0) is 36.6 Å². The van der Waals surface area contributed by atoms with Crippen LogP contribution in [0.25, 0.3) is 0 Å². The van der Waals surface area contributed by atoms with Crippen molar-refractivity contribution in [1.29, 1.82) is 0 Å². The van der Waals surface area contributed by atoms with Crippen LogP contribution in [0.4, 0.5) is 18.9 Å². The first-order valence-corrected chi connectivity index (χ1v) is 6.90. The van der Waals surface area contributed by atoms with Crippen LogP contribution < -0.4 is 0 Å². The van der Waals surface area contributed by atoms with Crippen molar-refractivity contribution in [2.75, 3.05) is 0 Å². The average molecular weight is 329 g/mol. The number of nitro groups is 1. The van der Waals surface area contributed by atoms with Crippen molar-refractivity contribution in [2.24, 2.45) is 0 Å². The molecule has 8 heteroatoms. The summed E-state index contributed by atoms with van der Waals surface area (Å²) in [7, 11) is 0. The summed E-state index contributed by atoms with van der Waals surface area (Å²) in [6, 6.07) is 3.59. The summed E-state index contributed by atoms with van der Waals surface area (Å²) in [4.78, 5) is 21.2. The van der Waals surface area contributed by atoms with Crippen LogP contribution in [0.2, 0.25) is 0 Å². The van der Waals surface area contributed by atoms with Gasteiger partial charge in [0.05, 0.1) is 4.92 Å². The maximum absolute atomic E-state index is 13.4. The molecule has 0 fully saturated rings. The molecule has 0 saturated heterocycles. The maximum atomic E-state index is 13.4. The molecule has 0 amide bonds. The first kappa shape index (κ1) is 17.1. The molecule has 1 N–H and O–H groups in total. The van der Waals surface area contributed by atoms with Crippen LogP contribution in [0.1, 0.15) is 31.2 Å². The molecule has 5 nitrogen and oxygen atoms in total. The van der Waals surface area contributed by atoms with Gasteiger partial charge < -0.3 is 5.11 Å². The molecule has 0 saturated carbocycles. The predicted molar refractivity (Wildman–Crippen MR) is 74.6 cm³/mol. The Morgan fingerprint density at radius 1 is 1.17 bits per heavy atom. The van der Waals surface area contributed by atoms with E-state index in [1.54, 1.807) is 0 Å². The van der Waals surface area contributed by atoms with E-state index in [9.17, 15) is 33.2 Å². The molecule has 1 aliphatic rings. The fourth-order valence-corrected chi connectivity index (χ4v) is 2.55. The summed E-state index contributed by atoms with van der Waals surface area (Å²) in [5, 5.41) is 20.8. The van der Waals surface area contributed by atoms with Crippen LogP contribution in [-0.2, 0) is 10.4 Å². The van der Waals surface area contributed by atoms with E-state index in [1.165, 1.54) is 0 Å². The lowest BCUT2D eigenvalue weighted by atomic mass is 9.83. The normalized spacial score (nSPS) is 18.3. The number of aliphatic hydroxyl groups is 1. The van der Waals surface area contributed by atoms with Gasteiger partial charge in [0.2, 0.25) is 0 Å². The summed E-state index contributed by atoms with van der Waals surface area (Å²) in [5.41, 5.74) is -3.83. The van der Waals surface area contributed by atoms with Gasteiger partial charge in [-0.2, -0.15) is 13.2 Å². The van der Waals surface area contributed by atoms with Gasteiger partial charge in [-0.25, -0.2) is 0 Å². The number of halogens is 3. The fourth-order valence-electron chi connectivity index (χ4n) is 2.55. The van der Waals surface area contributed by atoms with Gasteiger partial charge in [0.25, 0.3) is 5.69 Å². The largest absolute Gasteiger partial charge is 0.421 e. The van der Waals surface area contributed by atoms with Gasteiger partial charge in [0.1, 0.15) is 0 Å². The zero-order valence-corrected chi connectivity index (χ0v) is 12.0. The number of alkyl halides is 3. The maximum Gasteiger partial charge on any atom is 0.421 e. The number of rotatable bonds is 4. The molecule has 124 valence electrons. The summed E-state index contributed by atoms with van der Waals surface area (Å²) in [6.45, 7) is 0. The van der Waals surface area contributed by atoms with Crippen molar-refractivity contribution in [3.05, 3.63) is 51.6 Å². The minimum absolute atomic E-state index is 0.222. The summed E-state index contributed by atoms with van der Waals surface area (Å²) in [5.74, 6) is -0.264. The lowest BCUT2D eigenvalue weighted by Crippen LogP contribution is -2.42. The number of benzene rings is 1. The van der Waals surface area contributed by atoms with E-state index in [0.717, 1.165) is 30.3 Å². The van der Waals surface area contributed by atoms with Crippen LogP contribution >= 0.6 is 0 Å². The van der Waals surface area contributed by atoms with E-state index in [0.29, 0.717) is 12.8 Å². The summed E-state index contributed by atoms with van der Waals surface area (Å²) >= 11 is 0. The Morgan fingerprint density at radius 2 is 1.78 bits per heavy atom. The second-order valence-electron chi connectivity index (χ2n) is 5.46. The Hall–Kier alpha value is -2.22. The first-order chi connectivity index (χ1) is 10.6. The average Bonchev–Trinajstić information content (AvgIpc) is 2.46. The molecule has 23 heavy (non-hydrogen) atoms. The van der Waals surface area contributed by atoms with Crippen molar-refractivity contribution in [3.8, 4) is 0 Å². The molecular weight excluding hydrogens is 315 g/mol. The van der Waals surface area contributed by atoms with Crippen molar-refractivity contribution >= 4 is 11.5 Å². The summed E-state index contributed by atoms with van der Waals surface area (Å²) in [6.07, 6.45) is -3.57. The third-order valence-corrected chi connectivity index (χ3v) is 3.79. The Kier molecular flexibility index (Phi) is 4.56. The van der Waals surface area contributed by atoms with Gasteiger partial charge in [-0.15, -0.1) is 0 Å². The van der Waals surface area contributed by atoms with E-state index in [4.69, 9.17) is 0 Å². The highest BCUT2D eigenvalue weighted by Gasteiger charge is 2.55. The molecule has 1 aromatic carbocycles. The fraction of sp³-hybridized carbons (Fsp3) is 0.400. The second-order valence-corrected chi connectivity index (χ2v) is 5.46. The standard InChI is InChI=1S/C15H14F3NO4/c16-15(17,18)14(21,9-10-2-1-3-13(20)8-10)11-4-6-12(7-5-11)19(22)23/h4-8,21H,1-3,9H2/t14-/m1/s1. The van der Waals surface area contributed by atoms with E-state index in [1.807, 2.05) is 0 Å². The van der Waals surface area contributed by atoms with Crippen LogP contribution in [0, 0.1) is 10.1 Å². The Labute approximate surface area is 129 Å². The number of hydrogen-bond donors (Lipinski definition) is 1. The third-order valence-electron chi connectivity index (χ3n) is 3.79. The van der Waals surface area contributed by atoms with Crippen LogP contribution in [0.15, 0.2) is 35.9 Å². The van der Waals surface area contributed by atoms with Crippen molar-refractivity contribution < 1.29 is 28.0 Å². The minimum Gasteiger partial charge on any atom is -0.376 e. The lowest BCUT2D eigenvalue weighted by Gasteiger charge is -2.32. The predicted octanol–water partition coefficient (Wildman–Crippen LogP) is 3.41. The van der Waals surface area contributed by atoms with Gasteiger partial charge in [-0.3, -0.25) is 14.9 Å². The monoisotopic (exact) mass is 329 g/mol. The number of allylic oxidation sites excluding steroid dienone is 1. The van der Waals surface area contributed by atoms with Crippen LogP contribution in [-0.4, -0.2) is 22.0 Å². The van der Waals surface area contributed by atoms with Gasteiger partial charge in [0, 0.05) is 25.0 Å². The van der Waals surface area contributed by atoms with E-state index < -0.39 is 28.7 Å². The number of ketones is 1. The number of nitrogens with zero attached hydrogens (tertiary/aromatic N) is 1. The van der Waals surface area contributed by atoms with Crippen molar-refractivity contribution in [1.82, 2.24) is 0 Å². The SMILES string of the molecule is O=C1C=C(C[C@@](O)(c2ccc([N+](=O)[O-])cc2)C(F)(F)F)CCC1. The van der Waals surface area contributed by atoms with Crippen LogP contribution in [0.3, 0.4) is 0 Å². The highest BCUT2D eigenvalue weighted by atomic mass is 19.4. The molecular formula is C15H14F3NO4. The van der Waals surface area contributed by atoms with Crippen LogP contribution in [0.5, 0.6) is 0 Å². The molecule has 0 unspecified atom stereocenters. The third kappa shape index (κ3) is 3.58. The Morgan fingerprint density at radius 3 is 2.26 bits per heavy atom. The highest BCUT2D eigenvalue weighted by Crippen LogP contribution is 2.44. The number of nitro benzene ring substituents is 1. The topological polar surface area (TPSA) is 80.4 Å². The second kappa shape index (κ2) is 6.11. The molecule has 0 heterocycles. The molecule has 2 rings (SSSR count). The molecule has 0 aromatic heterocycles. The zero-order chi connectivity index (χ0) is 17.3. The minimum atomic E-state index is -4.98. The number of carbonyl (C=O) groups is 1.